The Bertz CT molecular complexity index is 1690. The molecule has 0 radical (unpaired) electrons. The van der Waals surface area contributed by atoms with Crippen LogP contribution in [0.1, 0.15) is 78.1 Å². The van der Waals surface area contributed by atoms with Gasteiger partial charge in [0.25, 0.3) is 0 Å². The Morgan fingerprint density at radius 2 is 1.51 bits per heavy atom. The number of para-hydroxylation sites is 2. The van der Waals surface area contributed by atoms with Gasteiger partial charge in [0.2, 0.25) is 0 Å². The molecule has 272 valence electrons. The summed E-state index contributed by atoms with van der Waals surface area (Å²) in [5.74, 6) is 0. The molecular formula is C47H64N4. The number of nitrogens with one attached hydrogen (secondary N) is 1. The lowest BCUT2D eigenvalue weighted by Gasteiger charge is -2.28. The van der Waals surface area contributed by atoms with E-state index in [9.17, 15) is 0 Å². The summed E-state index contributed by atoms with van der Waals surface area (Å²) >= 11 is 0. The molecule has 2 atom stereocenters. The van der Waals surface area contributed by atoms with E-state index in [2.05, 4.69) is 157 Å². The van der Waals surface area contributed by atoms with E-state index in [1.54, 1.807) is 6.08 Å². The zero-order valence-electron chi connectivity index (χ0n) is 32.9. The second-order valence-corrected chi connectivity index (χ2v) is 11.7. The maximum Gasteiger partial charge on any atom is 0.0522 e. The highest BCUT2D eigenvalue weighted by molar-refractivity contribution is 5.94. The Balaban J connectivity index is 0.000000724. The fourth-order valence-corrected chi connectivity index (χ4v) is 6.23. The standard InChI is InChI=1S/C36H42N4.C7H10.2C2H6/c1-5-14-31(19-12-13-26-37-2)40-35-25-22-30(38(3)28-15-8-6-9-16-28)20-23-33(35)34-24-21-32(27-36(34)40)39(4)29-17-10-7-11-18-29;1-3-5-7-6-4-2;2*1-2/h5-11,13-18,20-21,23-24,26-27,30-31,37H,12,19,22,25H2,1-4H3;3-7H,1H2,2H3;2*1-2H3/b14-5-,26-13+;6-4-,7-5-;;. The van der Waals surface area contributed by atoms with Crippen LogP contribution in [-0.2, 0) is 6.42 Å². The number of nitrogens with zero attached hydrogens (tertiary/aromatic N) is 3. The molecule has 5 rings (SSSR count). The Labute approximate surface area is 310 Å². The lowest BCUT2D eigenvalue weighted by Crippen LogP contribution is -2.30. The average Bonchev–Trinajstić information content (AvgIpc) is 3.33. The highest BCUT2D eigenvalue weighted by Crippen LogP contribution is 2.38. The molecule has 1 aliphatic carbocycles. The van der Waals surface area contributed by atoms with Crippen molar-refractivity contribution in [1.29, 1.82) is 0 Å². The second-order valence-electron chi connectivity index (χ2n) is 11.7. The largest absolute Gasteiger partial charge is 0.394 e. The van der Waals surface area contributed by atoms with E-state index < -0.39 is 0 Å². The van der Waals surface area contributed by atoms with Gasteiger partial charge in [-0.1, -0.05) is 137 Å². The Kier molecular flexibility index (Phi) is 20.1. The van der Waals surface area contributed by atoms with Crippen molar-refractivity contribution in [3.05, 3.63) is 158 Å². The fourth-order valence-electron chi connectivity index (χ4n) is 6.23. The molecule has 0 bridgehead atoms. The van der Waals surface area contributed by atoms with Crippen molar-refractivity contribution in [3.63, 3.8) is 0 Å². The number of likely N-dealkylation sites (N-methyl/N-ethyl adjacent to an activating group) is 1. The van der Waals surface area contributed by atoms with Gasteiger partial charge < -0.3 is 19.7 Å². The molecule has 4 aromatic rings. The van der Waals surface area contributed by atoms with E-state index in [4.69, 9.17) is 0 Å². The van der Waals surface area contributed by atoms with Crippen LogP contribution in [0.25, 0.3) is 17.0 Å². The number of hydrogen-bond acceptors (Lipinski definition) is 3. The molecule has 51 heavy (non-hydrogen) atoms. The van der Waals surface area contributed by atoms with E-state index >= 15 is 0 Å². The fraction of sp³-hybridized carbons (Fsp3) is 0.319. The number of hydrogen-bond donors (Lipinski definition) is 1. The topological polar surface area (TPSA) is 23.4 Å². The molecule has 1 aromatic heterocycles. The third-order valence-electron chi connectivity index (χ3n) is 8.70. The molecule has 1 heterocycles. The van der Waals surface area contributed by atoms with Gasteiger partial charge in [0.1, 0.15) is 0 Å². The highest BCUT2D eigenvalue weighted by Gasteiger charge is 2.25. The van der Waals surface area contributed by atoms with Crippen LogP contribution in [0.15, 0.2) is 146 Å². The van der Waals surface area contributed by atoms with Gasteiger partial charge in [-0.2, -0.15) is 0 Å². The summed E-state index contributed by atoms with van der Waals surface area (Å²) in [7, 11) is 6.33. The van der Waals surface area contributed by atoms with Gasteiger partial charge in [-0.3, -0.25) is 0 Å². The van der Waals surface area contributed by atoms with Crippen LogP contribution in [0.3, 0.4) is 0 Å². The minimum Gasteiger partial charge on any atom is -0.394 e. The van der Waals surface area contributed by atoms with Crippen LogP contribution in [0.2, 0.25) is 0 Å². The predicted octanol–water partition coefficient (Wildman–Crippen LogP) is 12.9. The molecule has 3 aromatic carbocycles. The smallest absolute Gasteiger partial charge is 0.0522 e. The number of rotatable bonds is 12. The normalized spacial score (nSPS) is 14.2. The first-order valence-electron chi connectivity index (χ1n) is 18.8. The molecule has 4 heteroatoms. The Morgan fingerprint density at radius 1 is 0.843 bits per heavy atom. The van der Waals surface area contributed by atoms with Crippen LogP contribution < -0.4 is 15.1 Å². The summed E-state index contributed by atoms with van der Waals surface area (Å²) in [4.78, 5) is 4.69. The lowest BCUT2D eigenvalue weighted by atomic mass is 10.1. The van der Waals surface area contributed by atoms with Gasteiger partial charge in [0.05, 0.1) is 11.6 Å². The van der Waals surface area contributed by atoms with Crippen molar-refractivity contribution < 1.29 is 0 Å². The van der Waals surface area contributed by atoms with E-state index in [1.165, 1.54) is 39.2 Å². The van der Waals surface area contributed by atoms with Crippen LogP contribution in [0, 0.1) is 0 Å². The average molecular weight is 685 g/mol. The van der Waals surface area contributed by atoms with Gasteiger partial charge in [-0.25, -0.2) is 0 Å². The summed E-state index contributed by atoms with van der Waals surface area (Å²) in [6.07, 6.45) is 27.3. The quantitative estimate of drug-likeness (QED) is 0.119. The maximum atomic E-state index is 3.51. The number of aromatic nitrogens is 1. The Morgan fingerprint density at radius 3 is 2.12 bits per heavy atom. The zero-order chi connectivity index (χ0) is 37.4. The summed E-state index contributed by atoms with van der Waals surface area (Å²) < 4.78 is 2.63. The van der Waals surface area contributed by atoms with Gasteiger partial charge in [0.15, 0.2) is 0 Å². The van der Waals surface area contributed by atoms with Gasteiger partial charge in [-0.15, -0.1) is 0 Å². The highest BCUT2D eigenvalue weighted by atomic mass is 15.1. The van der Waals surface area contributed by atoms with Crippen molar-refractivity contribution in [2.24, 2.45) is 0 Å². The summed E-state index contributed by atoms with van der Waals surface area (Å²) in [6, 6.07) is 29.0. The second kappa shape index (κ2) is 24.2. The monoisotopic (exact) mass is 685 g/mol. The third kappa shape index (κ3) is 12.1. The molecular weight excluding hydrogens is 621 g/mol. The first kappa shape index (κ1) is 42.2. The molecule has 0 saturated carbocycles. The molecule has 0 saturated heterocycles. The summed E-state index contributed by atoms with van der Waals surface area (Å²) in [5.41, 5.74) is 7.77. The van der Waals surface area contributed by atoms with Crippen molar-refractivity contribution in [1.82, 2.24) is 9.88 Å². The SMILES string of the molecule is C/C=C\C(CC/C=C/NC)n1c2c(c3ccc(N(C)c4ccccc4)cc31)C=CC(N(C)c1ccccc1)CC2.C=C/C=C\C=C/C.CC.CC. The van der Waals surface area contributed by atoms with Crippen LogP contribution in [0.4, 0.5) is 17.1 Å². The van der Waals surface area contributed by atoms with E-state index in [-0.39, 0.29) is 6.04 Å². The Hall–Kier alpha value is -4.96. The number of allylic oxidation sites excluding steroid dienone is 8. The predicted molar refractivity (Wildman–Crippen MR) is 231 cm³/mol. The number of fused-ring (bicyclic) bond motifs is 3. The molecule has 1 N–H and O–H groups in total. The number of benzene rings is 3. The number of anilines is 3. The molecule has 0 spiro atoms. The van der Waals surface area contributed by atoms with E-state index in [0.29, 0.717) is 6.04 Å². The summed E-state index contributed by atoms with van der Waals surface area (Å²) in [5, 5.41) is 4.47. The molecule has 0 aliphatic heterocycles. The third-order valence-corrected chi connectivity index (χ3v) is 8.70. The summed E-state index contributed by atoms with van der Waals surface area (Å²) in [6.45, 7) is 15.6. The minimum atomic E-state index is 0.284. The molecule has 0 fully saturated rings. The molecule has 4 nitrogen and oxygen atoms in total. The molecule has 2 unspecified atom stereocenters. The first-order valence-corrected chi connectivity index (χ1v) is 18.8. The van der Waals surface area contributed by atoms with Crippen molar-refractivity contribution >= 4 is 34.0 Å². The molecule has 1 aliphatic rings. The van der Waals surface area contributed by atoms with Gasteiger partial charge in [0, 0.05) is 60.9 Å². The minimum absolute atomic E-state index is 0.284. The van der Waals surface area contributed by atoms with Crippen molar-refractivity contribution in [3.8, 4) is 0 Å². The lowest BCUT2D eigenvalue weighted by molar-refractivity contribution is 0.548. The van der Waals surface area contributed by atoms with Crippen LogP contribution >= 0.6 is 0 Å². The van der Waals surface area contributed by atoms with Crippen molar-refractivity contribution in [2.75, 3.05) is 30.9 Å². The van der Waals surface area contributed by atoms with E-state index in [1.807, 2.05) is 72.2 Å². The van der Waals surface area contributed by atoms with Crippen molar-refractivity contribution in [2.45, 2.75) is 79.3 Å². The van der Waals surface area contributed by atoms with Crippen LogP contribution in [-0.4, -0.2) is 31.8 Å². The van der Waals surface area contributed by atoms with Gasteiger partial charge >= 0.3 is 0 Å². The van der Waals surface area contributed by atoms with Gasteiger partial charge in [-0.05, 0) is 82.1 Å². The first-order chi connectivity index (χ1) is 25.0. The zero-order valence-corrected chi connectivity index (χ0v) is 32.9. The maximum absolute atomic E-state index is 3.51. The van der Waals surface area contributed by atoms with E-state index in [0.717, 1.165) is 25.7 Å². The van der Waals surface area contributed by atoms with Crippen LogP contribution in [0.5, 0.6) is 0 Å². The molecule has 0 amide bonds.